The van der Waals surface area contributed by atoms with Crippen molar-refractivity contribution in [2.45, 2.75) is 71.1 Å². The fourth-order valence-corrected chi connectivity index (χ4v) is 3.59. The summed E-state index contributed by atoms with van der Waals surface area (Å²) in [6, 6.07) is 5.49. The van der Waals surface area contributed by atoms with E-state index < -0.39 is 0 Å². The number of nitrogens with one attached hydrogen (secondary N) is 1. The second-order valence-corrected chi connectivity index (χ2v) is 9.10. The van der Waals surface area contributed by atoms with Crippen LogP contribution in [0, 0.1) is 0 Å². The molecule has 0 aromatic heterocycles. The van der Waals surface area contributed by atoms with Crippen LogP contribution in [-0.4, -0.2) is 54.7 Å². The van der Waals surface area contributed by atoms with E-state index in [2.05, 4.69) is 17.1 Å². The van der Waals surface area contributed by atoms with Crippen LogP contribution in [0.15, 0.2) is 18.2 Å². The van der Waals surface area contributed by atoms with Crippen LogP contribution in [0.25, 0.3) is 0 Å². The van der Waals surface area contributed by atoms with Gasteiger partial charge in [0.2, 0.25) is 0 Å². The second-order valence-electron chi connectivity index (χ2n) is 8.66. The molecule has 0 saturated carbocycles. The van der Waals surface area contributed by atoms with Crippen molar-refractivity contribution in [3.05, 3.63) is 28.8 Å². The molecule has 1 aromatic carbocycles. The van der Waals surface area contributed by atoms with Crippen molar-refractivity contribution in [3.8, 4) is 5.75 Å². The summed E-state index contributed by atoms with van der Waals surface area (Å²) in [7, 11) is 1.42. The van der Waals surface area contributed by atoms with E-state index in [1.165, 1.54) is 7.11 Å². The van der Waals surface area contributed by atoms with Gasteiger partial charge in [-0.2, -0.15) is 0 Å². The first-order chi connectivity index (χ1) is 13.6. The first-order valence-electron chi connectivity index (χ1n) is 10.2. The Kier molecular flexibility index (Phi) is 8.34. The van der Waals surface area contributed by atoms with Gasteiger partial charge < -0.3 is 19.7 Å². The number of rotatable bonds is 7. The number of likely N-dealkylation sites (tertiary alicyclic amines) is 1. The van der Waals surface area contributed by atoms with Crippen molar-refractivity contribution < 1.29 is 19.1 Å². The number of amides is 1. The largest absolute Gasteiger partial charge is 0.489 e. The highest BCUT2D eigenvalue weighted by Gasteiger charge is 2.26. The van der Waals surface area contributed by atoms with Crippen molar-refractivity contribution in [2.24, 2.45) is 0 Å². The maximum atomic E-state index is 12.7. The minimum Gasteiger partial charge on any atom is -0.489 e. The Morgan fingerprint density at radius 3 is 2.52 bits per heavy atom. The van der Waals surface area contributed by atoms with Crippen LogP contribution in [0.3, 0.4) is 0 Å². The van der Waals surface area contributed by atoms with Gasteiger partial charge in [0.25, 0.3) is 5.91 Å². The molecule has 0 unspecified atom stereocenters. The molecule has 1 aromatic rings. The van der Waals surface area contributed by atoms with Crippen LogP contribution < -0.4 is 10.1 Å². The Labute approximate surface area is 178 Å². The summed E-state index contributed by atoms with van der Waals surface area (Å²) in [6.45, 7) is 9.74. The van der Waals surface area contributed by atoms with Crippen LogP contribution >= 0.6 is 11.6 Å². The Morgan fingerprint density at radius 1 is 1.28 bits per heavy atom. The predicted molar refractivity (Wildman–Crippen MR) is 115 cm³/mol. The van der Waals surface area contributed by atoms with E-state index in [1.807, 2.05) is 20.8 Å². The zero-order valence-corrected chi connectivity index (χ0v) is 18.8. The van der Waals surface area contributed by atoms with Crippen molar-refractivity contribution in [1.29, 1.82) is 0 Å². The van der Waals surface area contributed by atoms with Gasteiger partial charge in [-0.05, 0) is 65.2 Å². The number of ether oxygens (including phenoxy) is 2. The van der Waals surface area contributed by atoms with Crippen LogP contribution in [0.2, 0.25) is 5.02 Å². The van der Waals surface area contributed by atoms with E-state index in [4.69, 9.17) is 21.1 Å². The SMILES string of the molecule is COC(=O)CC[C@H](C)N1CCC(Oc2ccc(Cl)cc2C(=O)NC(C)(C)C)CC1. The third-order valence-electron chi connectivity index (χ3n) is 5.06. The van der Waals surface area contributed by atoms with E-state index in [-0.39, 0.29) is 23.5 Å². The maximum Gasteiger partial charge on any atom is 0.305 e. The van der Waals surface area contributed by atoms with Gasteiger partial charge in [-0.25, -0.2) is 0 Å². The lowest BCUT2D eigenvalue weighted by Gasteiger charge is -2.36. The molecular formula is C22H33ClN2O4. The van der Waals surface area contributed by atoms with Crippen LogP contribution in [0.4, 0.5) is 0 Å². The summed E-state index contributed by atoms with van der Waals surface area (Å²) in [4.78, 5) is 26.4. The van der Waals surface area contributed by atoms with Gasteiger partial charge in [-0.3, -0.25) is 9.59 Å². The lowest BCUT2D eigenvalue weighted by molar-refractivity contribution is -0.141. The number of hydrogen-bond acceptors (Lipinski definition) is 5. The number of carbonyl (C=O) groups excluding carboxylic acids is 2. The third-order valence-corrected chi connectivity index (χ3v) is 5.30. The minimum absolute atomic E-state index is 0.0430. The maximum absolute atomic E-state index is 12.7. The average Bonchev–Trinajstić information content (AvgIpc) is 2.66. The van der Waals surface area contributed by atoms with Gasteiger partial charge in [-0.1, -0.05) is 11.6 Å². The molecule has 0 radical (unpaired) electrons. The normalized spacial score (nSPS) is 16.9. The summed E-state index contributed by atoms with van der Waals surface area (Å²) in [6.07, 6.45) is 3.00. The van der Waals surface area contributed by atoms with Crippen LogP contribution in [0.1, 0.15) is 63.7 Å². The molecule has 1 saturated heterocycles. The highest BCUT2D eigenvalue weighted by Crippen LogP contribution is 2.27. The van der Waals surface area contributed by atoms with E-state index in [0.717, 1.165) is 32.4 Å². The summed E-state index contributed by atoms with van der Waals surface area (Å²) in [5, 5.41) is 3.47. The number of hydrogen-bond donors (Lipinski definition) is 1. The van der Waals surface area contributed by atoms with Crippen LogP contribution in [0.5, 0.6) is 5.75 Å². The number of esters is 1. The van der Waals surface area contributed by atoms with E-state index >= 15 is 0 Å². The fraction of sp³-hybridized carbons (Fsp3) is 0.636. The summed E-state index contributed by atoms with van der Waals surface area (Å²) >= 11 is 6.12. The zero-order valence-electron chi connectivity index (χ0n) is 18.1. The molecule has 6 nitrogen and oxygen atoms in total. The average molecular weight is 425 g/mol. The molecule has 2 rings (SSSR count). The van der Waals surface area contributed by atoms with Gasteiger partial charge >= 0.3 is 5.97 Å². The van der Waals surface area contributed by atoms with E-state index in [0.29, 0.717) is 28.8 Å². The Balaban J connectivity index is 1.95. The monoisotopic (exact) mass is 424 g/mol. The number of nitrogens with zero attached hydrogens (tertiary/aromatic N) is 1. The predicted octanol–water partition coefficient (Wildman–Crippen LogP) is 4.05. The highest BCUT2D eigenvalue weighted by atomic mass is 35.5. The fourth-order valence-electron chi connectivity index (χ4n) is 3.42. The number of carbonyl (C=O) groups is 2. The number of halogens is 1. The Morgan fingerprint density at radius 2 is 1.93 bits per heavy atom. The molecule has 7 heteroatoms. The zero-order chi connectivity index (χ0) is 21.6. The summed E-state index contributed by atoms with van der Waals surface area (Å²) < 4.78 is 10.9. The molecule has 1 aliphatic rings. The van der Waals surface area contributed by atoms with Gasteiger partial charge in [0.15, 0.2) is 0 Å². The van der Waals surface area contributed by atoms with Crippen LogP contribution in [-0.2, 0) is 9.53 Å². The van der Waals surface area contributed by atoms with Crippen molar-refractivity contribution >= 4 is 23.5 Å². The second kappa shape index (κ2) is 10.3. The van der Waals surface area contributed by atoms with Gasteiger partial charge in [-0.15, -0.1) is 0 Å². The molecule has 1 fully saturated rings. The van der Waals surface area contributed by atoms with Crippen molar-refractivity contribution in [2.75, 3.05) is 20.2 Å². The molecule has 1 heterocycles. The summed E-state index contributed by atoms with van der Waals surface area (Å²) in [5.41, 5.74) is 0.115. The Bertz CT molecular complexity index is 709. The van der Waals surface area contributed by atoms with E-state index in [1.54, 1.807) is 18.2 Å². The smallest absolute Gasteiger partial charge is 0.305 e. The lowest BCUT2D eigenvalue weighted by atomic mass is 10.0. The molecule has 162 valence electrons. The first-order valence-corrected chi connectivity index (χ1v) is 10.6. The molecule has 1 amide bonds. The van der Waals surface area contributed by atoms with Gasteiger partial charge in [0, 0.05) is 36.1 Å². The molecule has 0 spiro atoms. The number of methoxy groups -OCH3 is 1. The lowest BCUT2D eigenvalue weighted by Crippen LogP contribution is -2.43. The minimum atomic E-state index is -0.345. The molecule has 1 atom stereocenters. The Hall–Kier alpha value is -1.79. The van der Waals surface area contributed by atoms with Crippen molar-refractivity contribution in [3.63, 3.8) is 0 Å². The van der Waals surface area contributed by atoms with Gasteiger partial charge in [0.05, 0.1) is 12.7 Å². The number of piperidine rings is 1. The molecule has 0 aliphatic carbocycles. The molecule has 29 heavy (non-hydrogen) atoms. The molecule has 1 N–H and O–H groups in total. The number of benzene rings is 1. The molecule has 1 aliphatic heterocycles. The summed E-state index contributed by atoms with van der Waals surface area (Å²) in [5.74, 6) is 0.205. The first kappa shape index (κ1) is 23.5. The molecule has 0 bridgehead atoms. The van der Waals surface area contributed by atoms with Crippen molar-refractivity contribution in [1.82, 2.24) is 10.2 Å². The molecular weight excluding hydrogens is 392 g/mol. The third kappa shape index (κ3) is 7.52. The standard InChI is InChI=1S/C22H33ClN2O4/c1-15(6-9-20(26)28-5)25-12-10-17(11-13-25)29-19-8-7-16(23)14-18(19)21(27)24-22(2,3)4/h7-8,14-15,17H,6,9-13H2,1-5H3,(H,24,27)/t15-/m0/s1. The highest BCUT2D eigenvalue weighted by molar-refractivity contribution is 6.31. The topological polar surface area (TPSA) is 67.9 Å². The van der Waals surface area contributed by atoms with E-state index in [9.17, 15) is 9.59 Å². The van der Waals surface area contributed by atoms with Gasteiger partial charge in [0.1, 0.15) is 11.9 Å². The quantitative estimate of drug-likeness (QED) is 0.668.